The van der Waals surface area contributed by atoms with Gasteiger partial charge in [-0.3, -0.25) is 4.79 Å². The topological polar surface area (TPSA) is 41.1 Å². The summed E-state index contributed by atoms with van der Waals surface area (Å²) in [5, 5.41) is 6.75. The van der Waals surface area contributed by atoms with Crippen LogP contribution in [-0.2, 0) is 4.79 Å². The summed E-state index contributed by atoms with van der Waals surface area (Å²) in [6.45, 7) is 8.69. The van der Waals surface area contributed by atoms with Gasteiger partial charge in [0.25, 0.3) is 0 Å². The Morgan fingerprint density at radius 2 is 2.05 bits per heavy atom. The molecular weight excluding hydrogens is 260 g/mol. The molecule has 0 aliphatic heterocycles. The van der Waals surface area contributed by atoms with Crippen molar-refractivity contribution in [2.45, 2.75) is 40.2 Å². The Hall–Kier alpha value is -1.06. The highest BCUT2D eigenvalue weighted by molar-refractivity contribution is 6.31. The number of carbonyl (C=O) groups is 1. The van der Waals surface area contributed by atoms with Gasteiger partial charge < -0.3 is 10.6 Å². The first-order valence-electron chi connectivity index (χ1n) is 6.73. The van der Waals surface area contributed by atoms with Crippen LogP contribution in [0.3, 0.4) is 0 Å². The van der Waals surface area contributed by atoms with Gasteiger partial charge in [0.05, 0.1) is 6.54 Å². The molecule has 1 aromatic rings. The summed E-state index contributed by atoms with van der Waals surface area (Å²) in [6.07, 6.45) is 1.10. The maximum atomic E-state index is 11.9. The van der Waals surface area contributed by atoms with Crippen LogP contribution < -0.4 is 10.6 Å². The van der Waals surface area contributed by atoms with Crippen LogP contribution in [0.4, 0.5) is 5.69 Å². The zero-order valence-electron chi connectivity index (χ0n) is 12.1. The number of rotatable bonds is 6. The molecule has 0 bridgehead atoms. The third kappa shape index (κ3) is 5.21. The Bertz CT molecular complexity index is 434. The molecule has 1 aromatic carbocycles. The van der Waals surface area contributed by atoms with Gasteiger partial charge in [0.1, 0.15) is 0 Å². The second-order valence-electron chi connectivity index (χ2n) is 5.06. The van der Waals surface area contributed by atoms with Crippen molar-refractivity contribution in [1.29, 1.82) is 0 Å². The van der Waals surface area contributed by atoms with Crippen molar-refractivity contribution < 1.29 is 4.79 Å². The molecule has 106 valence electrons. The predicted molar refractivity (Wildman–Crippen MR) is 81.7 cm³/mol. The third-order valence-electron chi connectivity index (χ3n) is 3.56. The van der Waals surface area contributed by atoms with Gasteiger partial charge >= 0.3 is 0 Å². The van der Waals surface area contributed by atoms with Gasteiger partial charge in [-0.15, -0.1) is 0 Å². The Labute approximate surface area is 120 Å². The number of aryl methyl sites for hydroxylation is 1. The van der Waals surface area contributed by atoms with Crippen LogP contribution >= 0.6 is 11.6 Å². The van der Waals surface area contributed by atoms with Gasteiger partial charge in [-0.05, 0) is 37.5 Å². The first-order chi connectivity index (χ1) is 8.93. The molecule has 2 atom stereocenters. The smallest absolute Gasteiger partial charge is 0.238 e. The second kappa shape index (κ2) is 7.51. The van der Waals surface area contributed by atoms with E-state index < -0.39 is 0 Å². The molecule has 0 aliphatic carbocycles. The number of hydrogen-bond donors (Lipinski definition) is 2. The molecule has 2 N–H and O–H groups in total. The number of nitrogens with one attached hydrogen (secondary N) is 2. The molecule has 0 aliphatic rings. The van der Waals surface area contributed by atoms with Crippen molar-refractivity contribution in [2.75, 3.05) is 11.9 Å². The van der Waals surface area contributed by atoms with Crippen molar-refractivity contribution >= 4 is 23.2 Å². The fraction of sp³-hybridized carbons (Fsp3) is 0.533. The van der Waals surface area contributed by atoms with E-state index >= 15 is 0 Å². The van der Waals surface area contributed by atoms with Gasteiger partial charge in [0.15, 0.2) is 0 Å². The normalized spacial score (nSPS) is 13.9. The average molecular weight is 283 g/mol. The lowest BCUT2D eigenvalue weighted by Gasteiger charge is -2.19. The maximum absolute atomic E-state index is 11.9. The standard InChI is InChI=1S/C15H23ClN2O/c1-5-10(2)12(4)17-9-15(19)18-14-8-13(16)7-6-11(14)3/h6-8,10,12,17H,5,9H2,1-4H3,(H,18,19). The average Bonchev–Trinajstić information content (AvgIpc) is 2.39. The molecule has 19 heavy (non-hydrogen) atoms. The van der Waals surface area contributed by atoms with E-state index in [0.29, 0.717) is 23.5 Å². The zero-order chi connectivity index (χ0) is 14.4. The Kier molecular flexibility index (Phi) is 6.32. The van der Waals surface area contributed by atoms with Crippen molar-refractivity contribution in [3.8, 4) is 0 Å². The molecule has 0 saturated carbocycles. The lowest BCUT2D eigenvalue weighted by molar-refractivity contribution is -0.115. The van der Waals surface area contributed by atoms with Crippen molar-refractivity contribution in [3.63, 3.8) is 0 Å². The summed E-state index contributed by atoms with van der Waals surface area (Å²) in [4.78, 5) is 11.9. The molecule has 3 nitrogen and oxygen atoms in total. The van der Waals surface area contributed by atoms with Crippen LogP contribution in [0.2, 0.25) is 5.02 Å². The minimum Gasteiger partial charge on any atom is -0.325 e. The quantitative estimate of drug-likeness (QED) is 0.837. The van der Waals surface area contributed by atoms with Gasteiger partial charge in [-0.2, -0.15) is 0 Å². The minimum atomic E-state index is -0.0412. The fourth-order valence-electron chi connectivity index (χ4n) is 1.73. The van der Waals surface area contributed by atoms with Crippen LogP contribution in [0, 0.1) is 12.8 Å². The summed E-state index contributed by atoms with van der Waals surface area (Å²) in [7, 11) is 0. The van der Waals surface area contributed by atoms with E-state index in [4.69, 9.17) is 11.6 Å². The first kappa shape index (κ1) is 16.0. The molecule has 1 rings (SSSR count). The summed E-state index contributed by atoms with van der Waals surface area (Å²) >= 11 is 5.92. The Balaban J connectivity index is 2.49. The number of hydrogen-bond acceptors (Lipinski definition) is 2. The van der Waals surface area contributed by atoms with E-state index in [9.17, 15) is 4.79 Å². The molecule has 0 saturated heterocycles. The highest BCUT2D eigenvalue weighted by atomic mass is 35.5. The van der Waals surface area contributed by atoms with Crippen LogP contribution in [0.5, 0.6) is 0 Å². The highest BCUT2D eigenvalue weighted by Crippen LogP contribution is 2.19. The highest BCUT2D eigenvalue weighted by Gasteiger charge is 2.11. The summed E-state index contributed by atoms with van der Waals surface area (Å²) in [5.41, 5.74) is 1.78. The minimum absolute atomic E-state index is 0.0412. The van der Waals surface area contributed by atoms with E-state index in [2.05, 4.69) is 31.4 Å². The molecule has 0 radical (unpaired) electrons. The van der Waals surface area contributed by atoms with E-state index in [1.807, 2.05) is 19.1 Å². The second-order valence-corrected chi connectivity index (χ2v) is 5.50. The molecule has 2 unspecified atom stereocenters. The summed E-state index contributed by atoms with van der Waals surface area (Å²) in [5.74, 6) is 0.515. The van der Waals surface area contributed by atoms with Crippen molar-refractivity contribution in [2.24, 2.45) is 5.92 Å². The van der Waals surface area contributed by atoms with E-state index in [-0.39, 0.29) is 5.91 Å². The van der Waals surface area contributed by atoms with E-state index in [0.717, 1.165) is 17.7 Å². The van der Waals surface area contributed by atoms with Crippen LogP contribution in [0.25, 0.3) is 0 Å². The summed E-state index contributed by atoms with van der Waals surface area (Å²) in [6, 6.07) is 5.81. The largest absolute Gasteiger partial charge is 0.325 e. The van der Waals surface area contributed by atoms with Gasteiger partial charge in [0.2, 0.25) is 5.91 Å². The molecule has 0 fully saturated rings. The monoisotopic (exact) mass is 282 g/mol. The van der Waals surface area contributed by atoms with E-state index in [1.54, 1.807) is 6.07 Å². The number of carbonyl (C=O) groups excluding carboxylic acids is 1. The lowest BCUT2D eigenvalue weighted by atomic mass is 10.0. The van der Waals surface area contributed by atoms with Crippen molar-refractivity contribution in [1.82, 2.24) is 5.32 Å². The number of anilines is 1. The molecule has 1 amide bonds. The van der Waals surface area contributed by atoms with Crippen LogP contribution in [0.15, 0.2) is 18.2 Å². The predicted octanol–water partition coefficient (Wildman–Crippen LogP) is 3.61. The Morgan fingerprint density at radius 1 is 1.37 bits per heavy atom. The van der Waals surface area contributed by atoms with Gasteiger partial charge in [-0.1, -0.05) is 37.9 Å². The molecule has 0 aromatic heterocycles. The number of halogens is 1. The molecule has 4 heteroatoms. The zero-order valence-corrected chi connectivity index (χ0v) is 12.8. The fourth-order valence-corrected chi connectivity index (χ4v) is 1.90. The maximum Gasteiger partial charge on any atom is 0.238 e. The molecule has 0 spiro atoms. The van der Waals surface area contributed by atoms with E-state index in [1.165, 1.54) is 0 Å². The SMILES string of the molecule is CCC(C)C(C)NCC(=O)Nc1cc(Cl)ccc1C. The summed E-state index contributed by atoms with van der Waals surface area (Å²) < 4.78 is 0. The van der Waals surface area contributed by atoms with Gasteiger partial charge in [-0.25, -0.2) is 0 Å². The molecule has 0 heterocycles. The first-order valence-corrected chi connectivity index (χ1v) is 7.11. The van der Waals surface area contributed by atoms with Crippen molar-refractivity contribution in [3.05, 3.63) is 28.8 Å². The number of amides is 1. The Morgan fingerprint density at radius 3 is 2.68 bits per heavy atom. The molecular formula is C15H23ClN2O. The van der Waals surface area contributed by atoms with Crippen LogP contribution in [0.1, 0.15) is 32.8 Å². The van der Waals surface area contributed by atoms with Crippen LogP contribution in [-0.4, -0.2) is 18.5 Å². The van der Waals surface area contributed by atoms with Gasteiger partial charge in [0, 0.05) is 16.8 Å². The number of benzene rings is 1. The lowest BCUT2D eigenvalue weighted by Crippen LogP contribution is -2.37. The third-order valence-corrected chi connectivity index (χ3v) is 3.79.